The Bertz CT molecular complexity index is 1400. The number of hydrogen-bond acceptors (Lipinski definition) is 7. The second-order valence-electron chi connectivity index (χ2n) is 9.80. The average molecular weight is 527 g/mol. The Hall–Kier alpha value is -4.66. The molecular formula is C30H26N2O7. The van der Waals surface area contributed by atoms with Crippen LogP contribution in [0.25, 0.3) is 0 Å². The summed E-state index contributed by atoms with van der Waals surface area (Å²) < 4.78 is 15.5. The lowest BCUT2D eigenvalue weighted by molar-refractivity contribution is -0.154. The van der Waals surface area contributed by atoms with Crippen molar-refractivity contribution in [2.45, 2.75) is 11.8 Å². The van der Waals surface area contributed by atoms with E-state index in [9.17, 15) is 19.2 Å². The van der Waals surface area contributed by atoms with Crippen molar-refractivity contribution in [2.75, 3.05) is 32.7 Å². The first-order valence-electron chi connectivity index (χ1n) is 12.6. The zero-order valence-corrected chi connectivity index (χ0v) is 21.4. The summed E-state index contributed by atoms with van der Waals surface area (Å²) in [6.07, 6.45) is 0. The molecule has 9 nitrogen and oxygen atoms in total. The summed E-state index contributed by atoms with van der Waals surface area (Å²) in [5, 5.41) is 2.62. The molecule has 0 aromatic heterocycles. The molecule has 0 radical (unpaired) electrons. The highest BCUT2D eigenvalue weighted by atomic mass is 16.5. The molecule has 1 heterocycles. The Morgan fingerprint density at radius 2 is 1.33 bits per heavy atom. The van der Waals surface area contributed by atoms with E-state index in [1.54, 1.807) is 18.2 Å². The maximum Gasteiger partial charge on any atom is 0.326 e. The number of nitrogens with zero attached hydrogens (tertiary/aromatic N) is 1. The average Bonchev–Trinajstić information content (AvgIpc) is 3.21. The van der Waals surface area contributed by atoms with Crippen LogP contribution in [0.4, 0.5) is 5.69 Å². The van der Waals surface area contributed by atoms with Crippen LogP contribution in [0.3, 0.4) is 0 Å². The zero-order valence-electron chi connectivity index (χ0n) is 21.4. The third-order valence-electron chi connectivity index (χ3n) is 7.87. The van der Waals surface area contributed by atoms with Crippen LogP contribution in [0, 0.1) is 11.8 Å². The smallest absolute Gasteiger partial charge is 0.326 e. The van der Waals surface area contributed by atoms with E-state index >= 15 is 0 Å². The van der Waals surface area contributed by atoms with Crippen LogP contribution in [0.1, 0.15) is 34.1 Å². The van der Waals surface area contributed by atoms with E-state index in [0.717, 1.165) is 27.2 Å². The molecule has 3 amide bonds. The van der Waals surface area contributed by atoms with Crippen LogP contribution in [0.5, 0.6) is 11.5 Å². The Morgan fingerprint density at radius 1 is 0.795 bits per heavy atom. The molecular weight excluding hydrogens is 500 g/mol. The summed E-state index contributed by atoms with van der Waals surface area (Å²) in [4.78, 5) is 53.3. The van der Waals surface area contributed by atoms with E-state index in [1.807, 2.05) is 48.5 Å². The summed E-state index contributed by atoms with van der Waals surface area (Å²) in [7, 11) is 2.97. The molecule has 3 aromatic rings. The number of likely N-dealkylation sites (tertiary alicyclic amines) is 1. The minimum atomic E-state index is -0.838. The van der Waals surface area contributed by atoms with E-state index < -0.39 is 36.9 Å². The van der Waals surface area contributed by atoms with Gasteiger partial charge in [-0.15, -0.1) is 0 Å². The van der Waals surface area contributed by atoms with E-state index in [2.05, 4.69) is 5.32 Å². The lowest BCUT2D eigenvalue weighted by Crippen LogP contribution is -2.41. The van der Waals surface area contributed by atoms with Gasteiger partial charge in [0, 0.05) is 17.9 Å². The number of carbonyl (C=O) groups is 4. The number of hydrogen-bond donors (Lipinski definition) is 1. The summed E-state index contributed by atoms with van der Waals surface area (Å²) >= 11 is 0. The van der Waals surface area contributed by atoms with Gasteiger partial charge in [0.1, 0.15) is 18.0 Å². The van der Waals surface area contributed by atoms with Crippen LogP contribution in [0.2, 0.25) is 0 Å². The number of esters is 1. The summed E-state index contributed by atoms with van der Waals surface area (Å²) in [5.74, 6) is -2.93. The van der Waals surface area contributed by atoms with Gasteiger partial charge in [-0.2, -0.15) is 0 Å². The van der Waals surface area contributed by atoms with E-state index in [-0.39, 0.29) is 23.7 Å². The minimum Gasteiger partial charge on any atom is -0.497 e. The fourth-order valence-electron chi connectivity index (χ4n) is 6.30. The quantitative estimate of drug-likeness (QED) is 0.372. The third kappa shape index (κ3) is 3.93. The summed E-state index contributed by atoms with van der Waals surface area (Å²) in [6, 6.07) is 20.7. The third-order valence-corrected chi connectivity index (χ3v) is 7.87. The highest BCUT2D eigenvalue weighted by Crippen LogP contribution is 2.60. The fourth-order valence-corrected chi connectivity index (χ4v) is 6.30. The van der Waals surface area contributed by atoms with Crippen molar-refractivity contribution in [2.24, 2.45) is 11.8 Å². The van der Waals surface area contributed by atoms with E-state index in [4.69, 9.17) is 14.2 Å². The molecule has 3 aliphatic carbocycles. The first-order valence-corrected chi connectivity index (χ1v) is 12.6. The maximum atomic E-state index is 13.6. The van der Waals surface area contributed by atoms with Crippen molar-refractivity contribution in [3.8, 4) is 11.5 Å². The van der Waals surface area contributed by atoms with Gasteiger partial charge in [-0.1, -0.05) is 48.5 Å². The molecule has 7 rings (SSSR count). The highest BCUT2D eigenvalue weighted by Gasteiger charge is 2.61. The minimum absolute atomic E-state index is 0.255. The van der Waals surface area contributed by atoms with Gasteiger partial charge in [0.2, 0.25) is 11.8 Å². The first kappa shape index (κ1) is 24.7. The molecule has 3 aromatic carbocycles. The molecule has 1 fully saturated rings. The lowest BCUT2D eigenvalue weighted by atomic mass is 9.55. The molecule has 2 atom stereocenters. The lowest BCUT2D eigenvalue weighted by Gasteiger charge is -2.45. The Balaban J connectivity index is 1.15. The van der Waals surface area contributed by atoms with Gasteiger partial charge in [0.05, 0.1) is 31.7 Å². The number of amides is 3. The van der Waals surface area contributed by atoms with Crippen molar-refractivity contribution in [3.05, 3.63) is 89.0 Å². The van der Waals surface area contributed by atoms with Crippen molar-refractivity contribution in [1.82, 2.24) is 4.90 Å². The van der Waals surface area contributed by atoms with Gasteiger partial charge < -0.3 is 19.5 Å². The van der Waals surface area contributed by atoms with Crippen molar-refractivity contribution in [3.63, 3.8) is 0 Å². The molecule has 1 saturated heterocycles. The largest absolute Gasteiger partial charge is 0.497 e. The number of methoxy groups -OCH3 is 2. The molecule has 1 aliphatic heterocycles. The maximum absolute atomic E-state index is 13.6. The number of benzene rings is 3. The second kappa shape index (κ2) is 9.58. The summed E-state index contributed by atoms with van der Waals surface area (Å²) in [5.41, 5.74) is 4.59. The number of imide groups is 1. The molecule has 0 unspecified atom stereocenters. The predicted octanol–water partition coefficient (Wildman–Crippen LogP) is 3.08. The molecule has 39 heavy (non-hydrogen) atoms. The van der Waals surface area contributed by atoms with E-state index in [0.29, 0.717) is 17.2 Å². The van der Waals surface area contributed by atoms with Gasteiger partial charge >= 0.3 is 5.97 Å². The van der Waals surface area contributed by atoms with Crippen LogP contribution in [-0.2, 0) is 23.9 Å². The van der Waals surface area contributed by atoms with Crippen molar-refractivity contribution < 1.29 is 33.4 Å². The molecule has 4 aliphatic rings. The van der Waals surface area contributed by atoms with Crippen molar-refractivity contribution in [1.29, 1.82) is 0 Å². The second-order valence-corrected chi connectivity index (χ2v) is 9.80. The number of rotatable bonds is 7. The normalized spacial score (nSPS) is 22.1. The topological polar surface area (TPSA) is 111 Å². The monoisotopic (exact) mass is 526 g/mol. The number of ether oxygens (including phenoxy) is 3. The molecule has 2 bridgehead atoms. The Labute approximate surface area is 224 Å². The first-order chi connectivity index (χ1) is 18.9. The Kier molecular flexibility index (Phi) is 6.06. The number of carbonyl (C=O) groups excluding carboxylic acids is 4. The molecule has 0 saturated carbocycles. The van der Waals surface area contributed by atoms with Crippen LogP contribution >= 0.6 is 0 Å². The van der Waals surface area contributed by atoms with Gasteiger partial charge in [-0.3, -0.25) is 24.1 Å². The predicted molar refractivity (Wildman–Crippen MR) is 139 cm³/mol. The molecule has 0 spiro atoms. The van der Waals surface area contributed by atoms with Gasteiger partial charge in [0.15, 0.2) is 6.61 Å². The van der Waals surface area contributed by atoms with Gasteiger partial charge in [-0.25, -0.2) is 0 Å². The van der Waals surface area contributed by atoms with Crippen LogP contribution < -0.4 is 14.8 Å². The van der Waals surface area contributed by atoms with Gasteiger partial charge in [0.25, 0.3) is 5.91 Å². The van der Waals surface area contributed by atoms with Crippen molar-refractivity contribution >= 4 is 29.4 Å². The van der Waals surface area contributed by atoms with Crippen LogP contribution in [0.15, 0.2) is 66.7 Å². The molecule has 198 valence electrons. The highest BCUT2D eigenvalue weighted by molar-refractivity contribution is 6.09. The molecule has 9 heteroatoms. The van der Waals surface area contributed by atoms with Crippen LogP contribution in [-0.4, -0.2) is 56.0 Å². The zero-order chi connectivity index (χ0) is 27.3. The van der Waals surface area contributed by atoms with Gasteiger partial charge in [-0.05, 0) is 34.4 Å². The number of nitrogens with one attached hydrogen (secondary N) is 1. The Morgan fingerprint density at radius 3 is 1.82 bits per heavy atom. The standard InChI is InChI=1S/C30H26N2O7/c1-37-16-11-12-21(22(13-16)38-2)31-23(33)15-39-24(34)14-32-29(35)27-25-17-7-3-4-8-18(17)26(28(27)30(32)36)20-10-6-5-9-19(20)25/h3-13,25-28H,14-15H2,1-2H3,(H,31,33)/t25?,26?,27-,28-/m1/s1. The summed E-state index contributed by atoms with van der Waals surface area (Å²) in [6.45, 7) is -1.13. The van der Waals surface area contributed by atoms with E-state index in [1.165, 1.54) is 14.2 Å². The molecule has 1 N–H and O–H groups in total. The SMILES string of the molecule is COc1ccc(NC(=O)COC(=O)CN2C(=O)[C@@H]3C4c5ccccc5C(c5ccccc54)[C@H]3C2=O)c(OC)c1. The number of anilines is 1. The fraction of sp³-hybridized carbons (Fsp3) is 0.267.